The van der Waals surface area contributed by atoms with Crippen LogP contribution in [0, 0.1) is 6.92 Å². The molecular formula is C16H23ClN2O2. The Morgan fingerprint density at radius 3 is 2.95 bits per heavy atom. The number of ether oxygens (including phenoxy) is 1. The highest BCUT2D eigenvalue weighted by Crippen LogP contribution is 2.26. The van der Waals surface area contributed by atoms with E-state index in [1.807, 2.05) is 6.92 Å². The van der Waals surface area contributed by atoms with Gasteiger partial charge in [0.15, 0.2) is 0 Å². The number of carbonyl (C=O) groups excluding carboxylic acids is 1. The van der Waals surface area contributed by atoms with Crippen molar-refractivity contribution in [2.24, 2.45) is 0 Å². The second-order valence-electron chi connectivity index (χ2n) is 5.44. The molecular weight excluding hydrogens is 288 g/mol. The third kappa shape index (κ3) is 3.69. The summed E-state index contributed by atoms with van der Waals surface area (Å²) in [7, 11) is 1.56. The maximum Gasteiger partial charge on any atom is 0.255 e. The monoisotopic (exact) mass is 310 g/mol. The van der Waals surface area contributed by atoms with Gasteiger partial charge in [0.05, 0.1) is 12.7 Å². The van der Waals surface area contributed by atoms with Gasteiger partial charge in [0.25, 0.3) is 5.91 Å². The molecule has 1 N–H and O–H groups in total. The van der Waals surface area contributed by atoms with E-state index in [0.29, 0.717) is 28.9 Å². The highest BCUT2D eigenvalue weighted by Gasteiger charge is 2.24. The van der Waals surface area contributed by atoms with E-state index < -0.39 is 0 Å². The first-order valence-corrected chi connectivity index (χ1v) is 7.81. The van der Waals surface area contributed by atoms with E-state index in [1.54, 1.807) is 19.2 Å². The fraction of sp³-hybridized carbons (Fsp3) is 0.562. The van der Waals surface area contributed by atoms with E-state index in [0.717, 1.165) is 25.1 Å². The van der Waals surface area contributed by atoms with E-state index in [2.05, 4.69) is 17.1 Å². The lowest BCUT2D eigenvalue weighted by atomic mass is 10.1. The molecule has 2 rings (SSSR count). The number of rotatable bonds is 5. The number of benzene rings is 1. The van der Waals surface area contributed by atoms with Crippen LogP contribution in [-0.4, -0.2) is 43.6 Å². The molecule has 0 radical (unpaired) electrons. The molecule has 1 heterocycles. The van der Waals surface area contributed by atoms with Gasteiger partial charge >= 0.3 is 0 Å². The van der Waals surface area contributed by atoms with Crippen LogP contribution in [0.15, 0.2) is 12.1 Å². The van der Waals surface area contributed by atoms with Crippen LogP contribution in [0.3, 0.4) is 0 Å². The minimum absolute atomic E-state index is 0.128. The number of aryl methyl sites for hydroxylation is 1. The lowest BCUT2D eigenvalue weighted by molar-refractivity contribution is 0.0938. The number of carbonyl (C=O) groups is 1. The van der Waals surface area contributed by atoms with Gasteiger partial charge in [-0.05, 0) is 50.6 Å². The van der Waals surface area contributed by atoms with Gasteiger partial charge in [0.1, 0.15) is 5.75 Å². The van der Waals surface area contributed by atoms with Gasteiger partial charge in [0, 0.05) is 17.6 Å². The topological polar surface area (TPSA) is 41.6 Å². The second kappa shape index (κ2) is 7.14. The molecule has 0 saturated carbocycles. The average Bonchev–Trinajstić information content (AvgIpc) is 2.94. The molecule has 1 aromatic carbocycles. The van der Waals surface area contributed by atoms with Crippen molar-refractivity contribution in [3.8, 4) is 5.75 Å². The van der Waals surface area contributed by atoms with E-state index in [9.17, 15) is 4.79 Å². The number of amides is 1. The number of nitrogens with zero attached hydrogens (tertiary/aromatic N) is 1. The van der Waals surface area contributed by atoms with Crippen LogP contribution in [0.4, 0.5) is 0 Å². The van der Waals surface area contributed by atoms with E-state index in [1.165, 1.54) is 6.42 Å². The van der Waals surface area contributed by atoms with Crippen LogP contribution in [0.1, 0.15) is 35.7 Å². The van der Waals surface area contributed by atoms with Gasteiger partial charge in [-0.25, -0.2) is 0 Å². The minimum Gasteiger partial charge on any atom is -0.496 e. The summed E-state index contributed by atoms with van der Waals surface area (Å²) < 4.78 is 5.29. The summed E-state index contributed by atoms with van der Waals surface area (Å²) in [5.41, 5.74) is 1.40. The van der Waals surface area contributed by atoms with Crippen LogP contribution in [0.2, 0.25) is 5.02 Å². The van der Waals surface area contributed by atoms with Crippen LogP contribution >= 0.6 is 11.6 Å². The first-order chi connectivity index (χ1) is 10.1. The molecule has 21 heavy (non-hydrogen) atoms. The highest BCUT2D eigenvalue weighted by molar-refractivity contribution is 6.31. The van der Waals surface area contributed by atoms with E-state index in [4.69, 9.17) is 16.3 Å². The molecule has 1 fully saturated rings. The Balaban J connectivity index is 2.05. The molecule has 1 aromatic rings. The number of halogens is 1. The lowest BCUT2D eigenvalue weighted by Crippen LogP contribution is -2.40. The smallest absolute Gasteiger partial charge is 0.255 e. The minimum atomic E-state index is -0.128. The summed E-state index contributed by atoms with van der Waals surface area (Å²) in [6.07, 6.45) is 2.34. The number of methoxy groups -OCH3 is 1. The van der Waals surface area contributed by atoms with E-state index in [-0.39, 0.29) is 5.91 Å². The van der Waals surface area contributed by atoms with Crippen molar-refractivity contribution >= 4 is 17.5 Å². The third-order valence-corrected chi connectivity index (χ3v) is 4.54. The largest absolute Gasteiger partial charge is 0.496 e. The third-order valence-electron chi connectivity index (χ3n) is 4.13. The molecule has 0 bridgehead atoms. The zero-order valence-electron chi connectivity index (χ0n) is 12.9. The summed E-state index contributed by atoms with van der Waals surface area (Å²) >= 11 is 6.12. The Bertz CT molecular complexity index is 519. The lowest BCUT2D eigenvalue weighted by Gasteiger charge is -2.23. The van der Waals surface area contributed by atoms with Crippen molar-refractivity contribution in [2.45, 2.75) is 32.7 Å². The molecule has 116 valence electrons. The summed E-state index contributed by atoms with van der Waals surface area (Å²) in [4.78, 5) is 14.8. The molecule has 1 unspecified atom stereocenters. The SMILES string of the molecule is CCN1CCCC1CNC(=O)c1cc(Cl)c(C)cc1OC. The van der Waals surface area contributed by atoms with Crippen molar-refractivity contribution in [2.75, 3.05) is 26.7 Å². The summed E-state index contributed by atoms with van der Waals surface area (Å²) in [5.74, 6) is 0.435. The highest BCUT2D eigenvalue weighted by atomic mass is 35.5. The van der Waals surface area contributed by atoms with Gasteiger partial charge in [-0.15, -0.1) is 0 Å². The molecule has 0 aliphatic carbocycles. The van der Waals surface area contributed by atoms with Gasteiger partial charge < -0.3 is 10.1 Å². The van der Waals surface area contributed by atoms with Crippen LogP contribution in [0.25, 0.3) is 0 Å². The Hall–Kier alpha value is -1.26. The average molecular weight is 311 g/mol. The number of hydrogen-bond acceptors (Lipinski definition) is 3. The zero-order chi connectivity index (χ0) is 15.4. The van der Waals surface area contributed by atoms with Crippen molar-refractivity contribution in [1.82, 2.24) is 10.2 Å². The Morgan fingerprint density at radius 1 is 1.52 bits per heavy atom. The molecule has 0 spiro atoms. The van der Waals surface area contributed by atoms with Crippen molar-refractivity contribution < 1.29 is 9.53 Å². The maximum atomic E-state index is 12.4. The fourth-order valence-electron chi connectivity index (χ4n) is 2.85. The Labute approximate surface area is 131 Å². The molecule has 4 nitrogen and oxygen atoms in total. The van der Waals surface area contributed by atoms with Gasteiger partial charge in [-0.3, -0.25) is 9.69 Å². The summed E-state index contributed by atoms with van der Waals surface area (Å²) in [6.45, 7) is 6.87. The van der Waals surface area contributed by atoms with Crippen LogP contribution in [0.5, 0.6) is 5.75 Å². The molecule has 1 atom stereocenters. The first kappa shape index (κ1) is 16.1. The standard InChI is InChI=1S/C16H23ClN2O2/c1-4-19-7-5-6-12(19)10-18-16(20)13-9-14(17)11(2)8-15(13)21-3/h8-9,12H,4-7,10H2,1-3H3,(H,18,20). The van der Waals surface area contributed by atoms with E-state index >= 15 is 0 Å². The van der Waals surface area contributed by atoms with Crippen LogP contribution in [-0.2, 0) is 0 Å². The maximum absolute atomic E-state index is 12.4. The number of nitrogens with one attached hydrogen (secondary N) is 1. The van der Waals surface area contributed by atoms with Gasteiger partial charge in [0.2, 0.25) is 0 Å². The Kier molecular flexibility index (Phi) is 5.48. The molecule has 1 amide bonds. The van der Waals surface area contributed by atoms with Crippen LogP contribution < -0.4 is 10.1 Å². The first-order valence-electron chi connectivity index (χ1n) is 7.43. The second-order valence-corrected chi connectivity index (χ2v) is 5.84. The number of likely N-dealkylation sites (N-methyl/N-ethyl adjacent to an activating group) is 1. The van der Waals surface area contributed by atoms with Crippen molar-refractivity contribution in [3.63, 3.8) is 0 Å². The molecule has 0 aromatic heterocycles. The molecule has 1 saturated heterocycles. The summed E-state index contributed by atoms with van der Waals surface area (Å²) in [6, 6.07) is 3.91. The van der Waals surface area contributed by atoms with Crippen molar-refractivity contribution in [1.29, 1.82) is 0 Å². The normalized spacial score (nSPS) is 18.8. The summed E-state index contributed by atoms with van der Waals surface area (Å²) in [5, 5.41) is 3.59. The molecule has 5 heteroatoms. The van der Waals surface area contributed by atoms with Gasteiger partial charge in [-0.1, -0.05) is 18.5 Å². The molecule has 1 aliphatic rings. The number of hydrogen-bond donors (Lipinski definition) is 1. The predicted molar refractivity (Wildman–Crippen MR) is 85.3 cm³/mol. The predicted octanol–water partition coefficient (Wildman–Crippen LogP) is 2.87. The van der Waals surface area contributed by atoms with Crippen molar-refractivity contribution in [3.05, 3.63) is 28.3 Å². The Morgan fingerprint density at radius 2 is 2.29 bits per heavy atom. The molecule has 1 aliphatic heterocycles. The number of likely N-dealkylation sites (tertiary alicyclic amines) is 1. The zero-order valence-corrected chi connectivity index (χ0v) is 13.7. The van der Waals surface area contributed by atoms with Gasteiger partial charge in [-0.2, -0.15) is 0 Å². The quantitative estimate of drug-likeness (QED) is 0.909. The fourth-order valence-corrected chi connectivity index (χ4v) is 3.01.